The summed E-state index contributed by atoms with van der Waals surface area (Å²) in [4.78, 5) is 16.4. The zero-order chi connectivity index (χ0) is 16.4. The summed E-state index contributed by atoms with van der Waals surface area (Å²) >= 11 is 0. The molecule has 0 saturated carbocycles. The third kappa shape index (κ3) is 3.24. The molecule has 0 spiro atoms. The fraction of sp³-hybridized carbons (Fsp3) is 0.375. The van der Waals surface area contributed by atoms with Crippen molar-refractivity contribution in [2.75, 3.05) is 26.7 Å². The Bertz CT molecular complexity index is 674. The smallest absolute Gasteiger partial charge is 0.333 e. The van der Waals surface area contributed by atoms with Gasteiger partial charge in [-0.15, -0.1) is 0 Å². The highest BCUT2D eigenvalue weighted by Gasteiger charge is 2.30. The van der Waals surface area contributed by atoms with Gasteiger partial charge in [-0.25, -0.2) is 4.68 Å². The average molecular weight is 320 g/mol. The topological polar surface area (TPSA) is 41.4 Å². The second-order valence-corrected chi connectivity index (χ2v) is 5.62. The number of hydrogen-bond acceptors (Lipinski definition) is 3. The third-order valence-corrected chi connectivity index (χ3v) is 4.15. The Labute approximate surface area is 133 Å². The number of benzene rings is 1. The van der Waals surface area contributed by atoms with Gasteiger partial charge in [0.05, 0.1) is 6.04 Å². The lowest BCUT2D eigenvalue weighted by Crippen LogP contribution is -2.49. The number of halogens is 2. The van der Waals surface area contributed by atoms with Crippen LogP contribution in [0.25, 0.3) is 0 Å². The van der Waals surface area contributed by atoms with E-state index in [0.29, 0.717) is 17.8 Å². The minimum absolute atomic E-state index is 0.0571. The van der Waals surface area contributed by atoms with Crippen LogP contribution in [0.2, 0.25) is 0 Å². The number of carbonyl (C=O) groups excluding carboxylic acids is 1. The molecular formula is C16H18F2N4O. The van der Waals surface area contributed by atoms with Gasteiger partial charge in [-0.05, 0) is 18.7 Å². The first-order chi connectivity index (χ1) is 11.1. The van der Waals surface area contributed by atoms with Gasteiger partial charge in [-0.3, -0.25) is 9.69 Å². The minimum atomic E-state index is -2.74. The Balaban J connectivity index is 1.76. The van der Waals surface area contributed by atoms with Crippen LogP contribution in [-0.4, -0.2) is 52.2 Å². The van der Waals surface area contributed by atoms with Gasteiger partial charge in [0.25, 0.3) is 5.91 Å². The lowest BCUT2D eigenvalue weighted by molar-refractivity contribution is 0.0499. The van der Waals surface area contributed by atoms with Crippen LogP contribution in [0.5, 0.6) is 0 Å². The van der Waals surface area contributed by atoms with Crippen LogP contribution in [0.4, 0.5) is 8.78 Å². The lowest BCUT2D eigenvalue weighted by atomic mass is 10.0. The van der Waals surface area contributed by atoms with Crippen molar-refractivity contribution in [3.63, 3.8) is 0 Å². The molecule has 122 valence electrons. The largest absolute Gasteiger partial charge is 0.334 e. The van der Waals surface area contributed by atoms with Crippen molar-refractivity contribution in [3.05, 3.63) is 53.9 Å². The molecule has 1 saturated heterocycles. The van der Waals surface area contributed by atoms with Crippen molar-refractivity contribution in [2.45, 2.75) is 12.6 Å². The summed E-state index contributed by atoms with van der Waals surface area (Å²) in [6, 6.07) is 11.4. The van der Waals surface area contributed by atoms with Crippen molar-refractivity contribution in [1.82, 2.24) is 19.6 Å². The first kappa shape index (κ1) is 15.6. The SMILES string of the molecule is CN1CCN(C(=O)c2ccn(C(F)F)n2)CC1c1ccccc1. The molecule has 0 aliphatic carbocycles. The summed E-state index contributed by atoms with van der Waals surface area (Å²) in [6.07, 6.45) is 1.13. The Morgan fingerprint density at radius 3 is 2.61 bits per heavy atom. The molecule has 1 aliphatic heterocycles. The Morgan fingerprint density at radius 1 is 1.22 bits per heavy atom. The number of likely N-dealkylation sites (N-methyl/N-ethyl adjacent to an activating group) is 1. The molecular weight excluding hydrogens is 302 g/mol. The Kier molecular flexibility index (Phi) is 4.38. The highest BCUT2D eigenvalue weighted by Crippen LogP contribution is 2.24. The predicted octanol–water partition coefficient (Wildman–Crippen LogP) is 2.41. The van der Waals surface area contributed by atoms with Crippen LogP contribution in [-0.2, 0) is 0 Å². The molecule has 5 nitrogen and oxygen atoms in total. The highest BCUT2D eigenvalue weighted by atomic mass is 19.3. The fourth-order valence-corrected chi connectivity index (χ4v) is 2.82. The molecule has 3 rings (SSSR count). The van der Waals surface area contributed by atoms with Crippen LogP contribution in [0.1, 0.15) is 28.6 Å². The van der Waals surface area contributed by atoms with Crippen LogP contribution in [0.3, 0.4) is 0 Å². The van der Waals surface area contributed by atoms with Crippen molar-refractivity contribution in [1.29, 1.82) is 0 Å². The molecule has 1 amide bonds. The zero-order valence-electron chi connectivity index (χ0n) is 12.8. The number of hydrogen-bond donors (Lipinski definition) is 0. The Morgan fingerprint density at radius 2 is 1.96 bits per heavy atom. The number of aromatic nitrogens is 2. The average Bonchev–Trinajstić information content (AvgIpc) is 3.06. The van der Waals surface area contributed by atoms with E-state index in [4.69, 9.17) is 0 Å². The molecule has 1 aliphatic rings. The van der Waals surface area contributed by atoms with Gasteiger partial charge >= 0.3 is 6.55 Å². The van der Waals surface area contributed by atoms with Crippen molar-refractivity contribution >= 4 is 5.91 Å². The van der Waals surface area contributed by atoms with Crippen molar-refractivity contribution < 1.29 is 13.6 Å². The van der Waals surface area contributed by atoms with Gasteiger partial charge in [0.15, 0.2) is 5.69 Å². The van der Waals surface area contributed by atoms with E-state index in [-0.39, 0.29) is 17.6 Å². The number of piperazine rings is 1. The van der Waals surface area contributed by atoms with E-state index < -0.39 is 6.55 Å². The molecule has 0 radical (unpaired) electrons. The van der Waals surface area contributed by atoms with E-state index in [1.165, 1.54) is 6.07 Å². The summed E-state index contributed by atoms with van der Waals surface area (Å²) in [6.45, 7) is -0.941. The summed E-state index contributed by atoms with van der Waals surface area (Å²) in [5.41, 5.74) is 1.19. The van der Waals surface area contributed by atoms with Crippen LogP contribution in [0.15, 0.2) is 42.6 Å². The summed E-state index contributed by atoms with van der Waals surface area (Å²) in [5, 5.41) is 3.66. The number of amides is 1. The summed E-state index contributed by atoms with van der Waals surface area (Å²) < 4.78 is 25.7. The number of alkyl halides is 2. The number of rotatable bonds is 3. The number of carbonyl (C=O) groups is 1. The zero-order valence-corrected chi connectivity index (χ0v) is 12.8. The van der Waals surface area contributed by atoms with Crippen LogP contribution in [0, 0.1) is 0 Å². The van der Waals surface area contributed by atoms with Crippen molar-refractivity contribution in [3.8, 4) is 0 Å². The van der Waals surface area contributed by atoms with E-state index in [2.05, 4.69) is 10.00 Å². The third-order valence-electron chi connectivity index (χ3n) is 4.15. The first-order valence-electron chi connectivity index (χ1n) is 7.44. The maximum Gasteiger partial charge on any atom is 0.333 e. The molecule has 2 aromatic rings. The van der Waals surface area contributed by atoms with Crippen LogP contribution >= 0.6 is 0 Å². The molecule has 1 atom stereocenters. The van der Waals surface area contributed by atoms with Gasteiger partial charge in [0.2, 0.25) is 0 Å². The first-order valence-corrected chi connectivity index (χ1v) is 7.44. The lowest BCUT2D eigenvalue weighted by Gasteiger charge is -2.39. The van der Waals surface area contributed by atoms with Gasteiger partial charge in [-0.1, -0.05) is 30.3 Å². The normalized spacial score (nSPS) is 19.3. The van der Waals surface area contributed by atoms with Crippen molar-refractivity contribution in [2.24, 2.45) is 0 Å². The van der Waals surface area contributed by atoms with E-state index in [9.17, 15) is 13.6 Å². The predicted molar refractivity (Wildman–Crippen MR) is 81.2 cm³/mol. The maximum atomic E-state index is 12.6. The van der Waals surface area contributed by atoms with Gasteiger partial charge in [-0.2, -0.15) is 13.9 Å². The molecule has 0 N–H and O–H groups in total. The van der Waals surface area contributed by atoms with E-state index >= 15 is 0 Å². The van der Waals surface area contributed by atoms with Gasteiger partial charge in [0.1, 0.15) is 0 Å². The quantitative estimate of drug-likeness (QED) is 0.872. The van der Waals surface area contributed by atoms with Gasteiger partial charge < -0.3 is 4.90 Å². The molecule has 1 fully saturated rings. The highest BCUT2D eigenvalue weighted by molar-refractivity contribution is 5.92. The molecule has 7 heteroatoms. The van der Waals surface area contributed by atoms with E-state index in [1.54, 1.807) is 4.90 Å². The maximum absolute atomic E-state index is 12.6. The second kappa shape index (κ2) is 6.45. The fourth-order valence-electron chi connectivity index (χ4n) is 2.82. The number of nitrogens with zero attached hydrogens (tertiary/aromatic N) is 4. The standard InChI is InChI=1S/C16H18F2N4O/c1-20-9-10-21(11-14(20)12-5-3-2-4-6-12)15(23)13-7-8-22(19-13)16(17)18/h2-8,14,16H,9-11H2,1H3. The monoisotopic (exact) mass is 320 g/mol. The van der Waals surface area contributed by atoms with Gasteiger partial charge in [0, 0.05) is 25.8 Å². The van der Waals surface area contributed by atoms with E-state index in [0.717, 1.165) is 18.3 Å². The molecule has 1 unspecified atom stereocenters. The molecule has 1 aromatic heterocycles. The molecule has 1 aromatic carbocycles. The molecule has 23 heavy (non-hydrogen) atoms. The Hall–Kier alpha value is -2.28. The summed E-state index contributed by atoms with van der Waals surface area (Å²) in [7, 11) is 2.02. The second-order valence-electron chi connectivity index (χ2n) is 5.62. The van der Waals surface area contributed by atoms with Crippen LogP contribution < -0.4 is 0 Å². The molecule has 0 bridgehead atoms. The molecule has 2 heterocycles. The minimum Gasteiger partial charge on any atom is -0.334 e. The van der Waals surface area contributed by atoms with E-state index in [1.807, 2.05) is 37.4 Å². The summed E-state index contributed by atoms with van der Waals surface area (Å²) in [5.74, 6) is -0.307.